The van der Waals surface area contributed by atoms with E-state index in [0.717, 1.165) is 0 Å². The van der Waals surface area contributed by atoms with Crippen LogP contribution in [0.1, 0.15) is 35.2 Å². The minimum atomic E-state index is -0.225. The number of Topliss-reactive ketones (excluding diaryl/α,β-unsaturated/α-hetero) is 2. The maximum atomic E-state index is 12.2. The number of benzene rings is 1. The van der Waals surface area contributed by atoms with E-state index in [1.54, 1.807) is 12.1 Å². The highest BCUT2D eigenvalue weighted by molar-refractivity contribution is 6.02. The fraction of sp³-hybridized carbons (Fsp3) is 0.357. The lowest BCUT2D eigenvalue weighted by atomic mass is 9.95. The quantitative estimate of drug-likeness (QED) is 0.762. The Bertz CT molecular complexity index is 542. The smallest absolute Gasteiger partial charge is 0.166 e. The second kappa shape index (κ2) is 5.01. The molecule has 1 aliphatic rings. The first-order valence-corrected chi connectivity index (χ1v) is 5.79. The normalized spacial score (nSPS) is 18.4. The average molecular weight is 243 g/mol. The Hall–Kier alpha value is -2.15. The van der Waals surface area contributed by atoms with E-state index in [2.05, 4.69) is 0 Å². The number of rotatable bonds is 3. The summed E-state index contributed by atoms with van der Waals surface area (Å²) in [5, 5.41) is 8.97. The molecule has 2 rings (SSSR count). The molecule has 0 amide bonds. The molecule has 0 bridgehead atoms. The fourth-order valence-electron chi connectivity index (χ4n) is 2.22. The van der Waals surface area contributed by atoms with Crippen LogP contribution in [-0.4, -0.2) is 18.7 Å². The van der Waals surface area contributed by atoms with Crippen molar-refractivity contribution in [2.45, 2.75) is 19.3 Å². The molecule has 0 aliphatic heterocycles. The number of carbonyl (C=O) groups excluding carboxylic acids is 2. The highest BCUT2D eigenvalue weighted by Crippen LogP contribution is 2.27. The molecule has 18 heavy (non-hydrogen) atoms. The van der Waals surface area contributed by atoms with Crippen LogP contribution in [0.4, 0.5) is 0 Å². The van der Waals surface area contributed by atoms with Gasteiger partial charge in [0, 0.05) is 24.3 Å². The molecule has 1 unspecified atom stereocenters. The second-order valence-electron chi connectivity index (χ2n) is 4.37. The minimum absolute atomic E-state index is 0.0556. The van der Waals surface area contributed by atoms with Crippen molar-refractivity contribution in [3.05, 3.63) is 29.3 Å². The van der Waals surface area contributed by atoms with E-state index in [4.69, 9.17) is 10.00 Å². The van der Waals surface area contributed by atoms with Gasteiger partial charge in [-0.05, 0) is 24.6 Å². The molecule has 92 valence electrons. The van der Waals surface area contributed by atoms with Crippen molar-refractivity contribution in [1.29, 1.82) is 5.26 Å². The summed E-state index contributed by atoms with van der Waals surface area (Å²) in [6.45, 7) is 0. The molecule has 0 saturated heterocycles. The van der Waals surface area contributed by atoms with Crippen LogP contribution in [0, 0.1) is 17.2 Å². The van der Waals surface area contributed by atoms with Gasteiger partial charge in [-0.25, -0.2) is 0 Å². The molecule has 4 heteroatoms. The van der Waals surface area contributed by atoms with Crippen LogP contribution in [-0.2, 0) is 4.79 Å². The number of nitrogens with zero attached hydrogens (tertiary/aromatic N) is 1. The van der Waals surface area contributed by atoms with E-state index >= 15 is 0 Å². The Kier molecular flexibility index (Phi) is 3.42. The van der Waals surface area contributed by atoms with Crippen LogP contribution in [0.25, 0.3) is 0 Å². The van der Waals surface area contributed by atoms with Gasteiger partial charge >= 0.3 is 0 Å². The second-order valence-corrected chi connectivity index (χ2v) is 4.37. The van der Waals surface area contributed by atoms with Crippen molar-refractivity contribution in [2.24, 2.45) is 5.92 Å². The van der Waals surface area contributed by atoms with E-state index in [1.807, 2.05) is 6.07 Å². The lowest BCUT2D eigenvalue weighted by Gasteiger charge is -2.09. The summed E-state index contributed by atoms with van der Waals surface area (Å²) in [6, 6.07) is 6.79. The standard InChI is InChI=1S/C14H13NO3/c1-18-13-5-3-9(6-11(13)8-15)14(17)10-2-4-12(16)7-10/h3,5-6,10H,2,4,7H2,1H3. The van der Waals surface area contributed by atoms with E-state index < -0.39 is 0 Å². The van der Waals surface area contributed by atoms with Crippen LogP contribution >= 0.6 is 0 Å². The molecule has 0 N–H and O–H groups in total. The molecule has 4 nitrogen and oxygen atoms in total. The van der Waals surface area contributed by atoms with Gasteiger partial charge in [0.1, 0.15) is 17.6 Å². The third-order valence-corrected chi connectivity index (χ3v) is 3.22. The number of methoxy groups -OCH3 is 1. The first-order valence-electron chi connectivity index (χ1n) is 5.79. The maximum Gasteiger partial charge on any atom is 0.166 e. The summed E-state index contributed by atoms with van der Waals surface area (Å²) in [5.41, 5.74) is 0.819. The fourth-order valence-corrected chi connectivity index (χ4v) is 2.22. The first-order chi connectivity index (χ1) is 8.65. The van der Waals surface area contributed by atoms with Crippen LogP contribution in [0.2, 0.25) is 0 Å². The maximum absolute atomic E-state index is 12.2. The molecule has 1 atom stereocenters. The number of nitriles is 1. The van der Waals surface area contributed by atoms with Crippen molar-refractivity contribution < 1.29 is 14.3 Å². The molecular weight excluding hydrogens is 230 g/mol. The highest BCUT2D eigenvalue weighted by Gasteiger charge is 2.29. The number of hydrogen-bond acceptors (Lipinski definition) is 4. The minimum Gasteiger partial charge on any atom is -0.495 e. The first kappa shape index (κ1) is 12.3. The monoisotopic (exact) mass is 243 g/mol. The molecule has 1 aromatic carbocycles. The largest absolute Gasteiger partial charge is 0.495 e. The van der Waals surface area contributed by atoms with Gasteiger partial charge in [-0.2, -0.15) is 5.26 Å². The molecular formula is C14H13NO3. The Labute approximate surface area is 105 Å². The zero-order chi connectivity index (χ0) is 13.1. The number of hydrogen-bond donors (Lipinski definition) is 0. The van der Waals surface area contributed by atoms with Gasteiger partial charge in [-0.3, -0.25) is 9.59 Å². The van der Waals surface area contributed by atoms with Gasteiger partial charge in [0.2, 0.25) is 0 Å². The van der Waals surface area contributed by atoms with Crippen LogP contribution < -0.4 is 4.74 Å². The summed E-state index contributed by atoms with van der Waals surface area (Å²) < 4.78 is 5.03. The van der Waals surface area contributed by atoms with Gasteiger partial charge in [0.25, 0.3) is 0 Å². The molecule has 1 aromatic rings. The third kappa shape index (κ3) is 2.25. The van der Waals surface area contributed by atoms with Crippen molar-refractivity contribution in [3.8, 4) is 11.8 Å². The Morgan fingerprint density at radius 1 is 1.50 bits per heavy atom. The predicted octanol–water partition coefficient (Wildman–Crippen LogP) is 2.12. The highest BCUT2D eigenvalue weighted by atomic mass is 16.5. The zero-order valence-corrected chi connectivity index (χ0v) is 10.1. The van der Waals surface area contributed by atoms with Crippen molar-refractivity contribution >= 4 is 11.6 Å². The molecule has 1 saturated carbocycles. The predicted molar refractivity (Wildman–Crippen MR) is 64.4 cm³/mol. The van der Waals surface area contributed by atoms with Gasteiger partial charge < -0.3 is 4.74 Å². The molecule has 1 fully saturated rings. The van der Waals surface area contributed by atoms with Crippen molar-refractivity contribution in [2.75, 3.05) is 7.11 Å². The van der Waals surface area contributed by atoms with Crippen LogP contribution in [0.3, 0.4) is 0 Å². The lowest BCUT2D eigenvalue weighted by Crippen LogP contribution is -2.12. The molecule has 1 aliphatic carbocycles. The van der Waals surface area contributed by atoms with Gasteiger partial charge in [-0.1, -0.05) is 0 Å². The van der Waals surface area contributed by atoms with E-state index in [9.17, 15) is 9.59 Å². The average Bonchev–Trinajstić information content (AvgIpc) is 2.83. The summed E-state index contributed by atoms with van der Waals surface area (Å²) >= 11 is 0. The van der Waals surface area contributed by atoms with Crippen molar-refractivity contribution in [3.63, 3.8) is 0 Å². The van der Waals surface area contributed by atoms with Gasteiger partial charge in [-0.15, -0.1) is 0 Å². The Morgan fingerprint density at radius 2 is 2.28 bits per heavy atom. The molecule has 0 radical (unpaired) electrons. The van der Waals surface area contributed by atoms with Crippen LogP contribution in [0.5, 0.6) is 5.75 Å². The van der Waals surface area contributed by atoms with Crippen LogP contribution in [0.15, 0.2) is 18.2 Å². The molecule has 0 heterocycles. The summed E-state index contributed by atoms with van der Waals surface area (Å²) in [5.74, 6) is 0.316. The SMILES string of the molecule is COc1ccc(C(=O)C2CCC(=O)C2)cc1C#N. The summed E-state index contributed by atoms with van der Waals surface area (Å²) in [6.07, 6.45) is 1.43. The molecule has 0 spiro atoms. The topological polar surface area (TPSA) is 67.2 Å². The number of ether oxygens (including phenoxy) is 1. The number of ketones is 2. The van der Waals surface area contributed by atoms with Crippen molar-refractivity contribution in [1.82, 2.24) is 0 Å². The summed E-state index contributed by atoms with van der Waals surface area (Å²) in [7, 11) is 1.48. The Balaban J connectivity index is 2.26. The zero-order valence-electron chi connectivity index (χ0n) is 10.1. The summed E-state index contributed by atoms with van der Waals surface area (Å²) in [4.78, 5) is 23.3. The third-order valence-electron chi connectivity index (χ3n) is 3.22. The Morgan fingerprint density at radius 3 is 2.83 bits per heavy atom. The van der Waals surface area contributed by atoms with Gasteiger partial charge in [0.15, 0.2) is 5.78 Å². The van der Waals surface area contributed by atoms with Gasteiger partial charge in [0.05, 0.1) is 12.7 Å². The molecule has 0 aromatic heterocycles. The lowest BCUT2D eigenvalue weighted by molar-refractivity contribution is -0.117. The number of carbonyl (C=O) groups is 2. The van der Waals surface area contributed by atoms with E-state index in [0.29, 0.717) is 36.1 Å². The van der Waals surface area contributed by atoms with E-state index in [1.165, 1.54) is 13.2 Å². The van der Waals surface area contributed by atoms with E-state index in [-0.39, 0.29) is 17.5 Å².